The summed E-state index contributed by atoms with van der Waals surface area (Å²) in [7, 11) is 7.20. The van der Waals surface area contributed by atoms with Gasteiger partial charge in [-0.3, -0.25) is 4.79 Å². The first-order valence-electron chi connectivity index (χ1n) is 10.1. The molecule has 0 aliphatic carbocycles. The molecule has 0 saturated carbocycles. The standard InChI is InChI=1S/C24H24BrN3O4/c1-27(2)16-7-5-15(6-8-16)20-14-19(18-10-9-17(30-3)13-22(18)31-4)26-28(20)24(29)21-11-12-23(25)32-21/h5-13,20H,14H2,1-4H3. The second-order valence-corrected chi connectivity index (χ2v) is 8.35. The Morgan fingerprint density at radius 1 is 1.09 bits per heavy atom. The van der Waals surface area contributed by atoms with Crippen LogP contribution in [-0.2, 0) is 0 Å². The summed E-state index contributed by atoms with van der Waals surface area (Å²) in [5.74, 6) is 1.24. The van der Waals surface area contributed by atoms with Crippen LogP contribution in [0.3, 0.4) is 0 Å². The maximum Gasteiger partial charge on any atom is 0.310 e. The Kier molecular flexibility index (Phi) is 6.23. The number of anilines is 1. The molecule has 166 valence electrons. The SMILES string of the molecule is COc1ccc(C2=NN(C(=O)c3ccc(Br)o3)C(c3ccc(N(C)C)cc3)C2)c(OC)c1. The van der Waals surface area contributed by atoms with Crippen LogP contribution in [0.25, 0.3) is 0 Å². The van der Waals surface area contributed by atoms with Crippen LogP contribution in [0, 0.1) is 0 Å². The maximum absolute atomic E-state index is 13.3. The highest BCUT2D eigenvalue weighted by Gasteiger charge is 2.35. The molecular weight excluding hydrogens is 474 g/mol. The van der Waals surface area contributed by atoms with Crippen molar-refractivity contribution in [2.45, 2.75) is 12.5 Å². The maximum atomic E-state index is 13.3. The molecule has 1 amide bonds. The average molecular weight is 498 g/mol. The summed E-state index contributed by atoms with van der Waals surface area (Å²) >= 11 is 3.27. The van der Waals surface area contributed by atoms with E-state index in [4.69, 9.17) is 19.0 Å². The second-order valence-electron chi connectivity index (χ2n) is 7.57. The van der Waals surface area contributed by atoms with E-state index in [1.807, 2.05) is 61.5 Å². The number of hydrogen-bond donors (Lipinski definition) is 0. The van der Waals surface area contributed by atoms with Gasteiger partial charge in [-0.2, -0.15) is 5.10 Å². The van der Waals surface area contributed by atoms with E-state index in [1.54, 1.807) is 26.4 Å². The second kappa shape index (κ2) is 9.08. The van der Waals surface area contributed by atoms with Gasteiger partial charge in [0.2, 0.25) is 0 Å². The molecule has 32 heavy (non-hydrogen) atoms. The van der Waals surface area contributed by atoms with E-state index in [1.165, 1.54) is 5.01 Å². The molecule has 0 bridgehead atoms. The molecule has 0 spiro atoms. The molecule has 7 nitrogen and oxygen atoms in total. The van der Waals surface area contributed by atoms with Gasteiger partial charge in [0.15, 0.2) is 10.4 Å². The lowest BCUT2D eigenvalue weighted by Crippen LogP contribution is -2.26. The number of nitrogens with zero attached hydrogens (tertiary/aromatic N) is 3. The fraction of sp³-hybridized carbons (Fsp3) is 0.250. The van der Waals surface area contributed by atoms with Gasteiger partial charge in [-0.1, -0.05) is 12.1 Å². The van der Waals surface area contributed by atoms with Crippen molar-refractivity contribution in [2.75, 3.05) is 33.2 Å². The highest BCUT2D eigenvalue weighted by Crippen LogP contribution is 2.37. The van der Waals surface area contributed by atoms with Gasteiger partial charge in [-0.05, 0) is 57.9 Å². The quantitative estimate of drug-likeness (QED) is 0.472. The minimum absolute atomic E-state index is 0.221. The molecule has 1 aromatic heterocycles. The van der Waals surface area contributed by atoms with E-state index in [0.29, 0.717) is 22.6 Å². The van der Waals surface area contributed by atoms with Crippen LogP contribution in [-0.4, -0.2) is 44.9 Å². The number of hydrazone groups is 1. The van der Waals surface area contributed by atoms with Gasteiger partial charge < -0.3 is 18.8 Å². The van der Waals surface area contributed by atoms with Crippen LogP contribution in [0.4, 0.5) is 5.69 Å². The number of carbonyl (C=O) groups is 1. The summed E-state index contributed by atoms with van der Waals surface area (Å²) in [6.45, 7) is 0. The third-order valence-electron chi connectivity index (χ3n) is 5.42. The van der Waals surface area contributed by atoms with Gasteiger partial charge in [0.1, 0.15) is 11.5 Å². The van der Waals surface area contributed by atoms with Gasteiger partial charge >= 0.3 is 5.91 Å². The molecule has 1 unspecified atom stereocenters. The van der Waals surface area contributed by atoms with Gasteiger partial charge in [0, 0.05) is 37.8 Å². The summed E-state index contributed by atoms with van der Waals surface area (Å²) in [4.78, 5) is 15.3. The largest absolute Gasteiger partial charge is 0.497 e. The minimum atomic E-state index is -0.306. The third-order valence-corrected chi connectivity index (χ3v) is 5.84. The number of amides is 1. The van der Waals surface area contributed by atoms with Gasteiger partial charge in [-0.25, -0.2) is 5.01 Å². The van der Waals surface area contributed by atoms with E-state index in [9.17, 15) is 4.79 Å². The number of hydrogen-bond acceptors (Lipinski definition) is 6. The monoisotopic (exact) mass is 497 g/mol. The van der Waals surface area contributed by atoms with Crippen molar-refractivity contribution < 1.29 is 18.7 Å². The Morgan fingerprint density at radius 2 is 1.84 bits per heavy atom. The number of methoxy groups -OCH3 is 2. The third kappa shape index (κ3) is 4.23. The molecule has 3 aromatic rings. The Labute approximate surface area is 195 Å². The minimum Gasteiger partial charge on any atom is -0.497 e. The predicted molar refractivity (Wildman–Crippen MR) is 127 cm³/mol. The van der Waals surface area contributed by atoms with Crippen LogP contribution in [0.15, 0.2) is 68.8 Å². The molecule has 1 atom stereocenters. The van der Waals surface area contributed by atoms with Crippen molar-refractivity contribution in [1.82, 2.24) is 5.01 Å². The molecule has 8 heteroatoms. The van der Waals surface area contributed by atoms with Gasteiger partial charge in [0.05, 0.1) is 26.0 Å². The first-order valence-corrected chi connectivity index (χ1v) is 10.9. The van der Waals surface area contributed by atoms with E-state index in [0.717, 1.165) is 22.5 Å². The lowest BCUT2D eigenvalue weighted by atomic mass is 9.97. The Bertz CT molecular complexity index is 1150. The summed E-state index contributed by atoms with van der Waals surface area (Å²) in [6, 6.07) is 16.8. The molecule has 1 aliphatic heterocycles. The first kappa shape index (κ1) is 22.0. The highest BCUT2D eigenvalue weighted by molar-refractivity contribution is 9.10. The molecule has 2 aromatic carbocycles. The van der Waals surface area contributed by atoms with Crippen molar-refractivity contribution in [1.29, 1.82) is 0 Å². The van der Waals surface area contributed by atoms with Crippen LogP contribution in [0.5, 0.6) is 11.5 Å². The molecule has 0 fully saturated rings. The number of rotatable bonds is 6. The van der Waals surface area contributed by atoms with Gasteiger partial charge in [-0.15, -0.1) is 0 Å². The van der Waals surface area contributed by atoms with Crippen molar-refractivity contribution in [3.8, 4) is 11.5 Å². The number of furan rings is 1. The first-order chi connectivity index (χ1) is 15.4. The van der Waals surface area contributed by atoms with E-state index in [2.05, 4.69) is 15.9 Å². The number of carbonyl (C=O) groups excluding carboxylic acids is 1. The van der Waals surface area contributed by atoms with E-state index in [-0.39, 0.29) is 17.7 Å². The van der Waals surface area contributed by atoms with E-state index < -0.39 is 0 Å². The topological polar surface area (TPSA) is 67.5 Å². The summed E-state index contributed by atoms with van der Waals surface area (Å²) in [5.41, 5.74) is 3.64. The normalized spacial score (nSPS) is 15.5. The van der Waals surface area contributed by atoms with Crippen LogP contribution < -0.4 is 14.4 Å². The molecule has 0 radical (unpaired) electrons. The van der Waals surface area contributed by atoms with E-state index >= 15 is 0 Å². The number of ether oxygens (including phenoxy) is 2. The van der Waals surface area contributed by atoms with Gasteiger partial charge in [0.25, 0.3) is 0 Å². The van der Waals surface area contributed by atoms with Crippen molar-refractivity contribution >= 4 is 33.2 Å². The van der Waals surface area contributed by atoms with Crippen LogP contribution in [0.2, 0.25) is 0 Å². The molecular formula is C24H24BrN3O4. The average Bonchev–Trinajstić information content (AvgIpc) is 3.45. The number of halogens is 1. The van der Waals surface area contributed by atoms with Crippen molar-refractivity contribution in [3.63, 3.8) is 0 Å². The zero-order valence-electron chi connectivity index (χ0n) is 18.3. The molecule has 0 saturated heterocycles. The summed E-state index contributed by atoms with van der Waals surface area (Å²) < 4.78 is 16.9. The van der Waals surface area contributed by atoms with Crippen LogP contribution >= 0.6 is 15.9 Å². The molecule has 0 N–H and O–H groups in total. The zero-order chi connectivity index (χ0) is 22.8. The summed E-state index contributed by atoms with van der Waals surface area (Å²) in [6.07, 6.45) is 0.539. The Morgan fingerprint density at radius 3 is 2.44 bits per heavy atom. The van der Waals surface area contributed by atoms with Crippen molar-refractivity contribution in [3.05, 3.63) is 76.2 Å². The lowest BCUT2D eigenvalue weighted by Gasteiger charge is -2.22. The fourth-order valence-corrected chi connectivity index (χ4v) is 4.00. The lowest BCUT2D eigenvalue weighted by molar-refractivity contribution is 0.0677. The predicted octanol–water partition coefficient (Wildman–Crippen LogP) is 5.12. The Hall–Kier alpha value is -3.26. The highest BCUT2D eigenvalue weighted by atomic mass is 79.9. The molecule has 4 rings (SSSR count). The smallest absolute Gasteiger partial charge is 0.310 e. The molecule has 2 heterocycles. The fourth-order valence-electron chi connectivity index (χ4n) is 3.69. The summed E-state index contributed by atoms with van der Waals surface area (Å²) in [5, 5.41) is 6.21. The van der Waals surface area contributed by atoms with Crippen LogP contribution in [0.1, 0.15) is 34.1 Å². The van der Waals surface area contributed by atoms with Crippen molar-refractivity contribution in [2.24, 2.45) is 5.10 Å². The Balaban J connectivity index is 1.74. The molecule has 1 aliphatic rings. The number of benzene rings is 2. The zero-order valence-corrected chi connectivity index (χ0v) is 19.9.